The van der Waals surface area contributed by atoms with Crippen molar-refractivity contribution in [2.75, 3.05) is 13.2 Å². The van der Waals surface area contributed by atoms with Crippen LogP contribution >= 0.6 is 0 Å². The van der Waals surface area contributed by atoms with Crippen LogP contribution in [0.4, 0.5) is 13.2 Å². The van der Waals surface area contributed by atoms with Gasteiger partial charge < -0.3 is 4.74 Å². The van der Waals surface area contributed by atoms with Crippen LogP contribution in [-0.2, 0) is 4.79 Å². The van der Waals surface area contributed by atoms with Crippen LogP contribution in [0.5, 0.6) is 5.75 Å². The minimum atomic E-state index is -4.50. The summed E-state index contributed by atoms with van der Waals surface area (Å²) in [6, 6.07) is 7.98. The van der Waals surface area contributed by atoms with Crippen LogP contribution in [0.2, 0.25) is 0 Å². The van der Waals surface area contributed by atoms with Crippen LogP contribution in [0, 0.1) is 0 Å². The molecule has 1 saturated heterocycles. The summed E-state index contributed by atoms with van der Waals surface area (Å²) < 4.78 is 46.2. The second kappa shape index (κ2) is 6.32. The van der Waals surface area contributed by atoms with Gasteiger partial charge in [-0.3, -0.25) is 10.2 Å². The Morgan fingerprint density at radius 3 is 2.71 bits per heavy atom. The second-order valence-electron chi connectivity index (χ2n) is 5.59. The molecular weight excluding hydrogens is 321 g/mol. The van der Waals surface area contributed by atoms with Gasteiger partial charge in [-0.1, -0.05) is 24.3 Å². The predicted molar refractivity (Wildman–Crippen MR) is 83.4 cm³/mol. The molecule has 1 fully saturated rings. The molecule has 1 N–H and O–H groups in total. The summed E-state index contributed by atoms with van der Waals surface area (Å²) in [4.78, 5) is 11.3. The van der Waals surface area contributed by atoms with Crippen molar-refractivity contribution in [2.45, 2.75) is 25.6 Å². The van der Waals surface area contributed by atoms with E-state index in [0.29, 0.717) is 17.7 Å². The maximum atomic E-state index is 13.6. The molecule has 0 unspecified atom stereocenters. The number of hydrogen-bond acceptors (Lipinski definition) is 3. The summed E-state index contributed by atoms with van der Waals surface area (Å²) in [6.07, 6.45) is -4.43. The third kappa shape index (κ3) is 3.17. The highest BCUT2D eigenvalue weighted by Crippen LogP contribution is 2.39. The van der Waals surface area contributed by atoms with Crippen LogP contribution in [0.15, 0.2) is 36.4 Å². The molecule has 1 aliphatic rings. The van der Waals surface area contributed by atoms with Crippen molar-refractivity contribution in [1.82, 2.24) is 10.4 Å². The standard InChI is InChI=1S/C17H17F3N2O2/c1-2-24-14-5-3-4-11-10-12(6-7-13(11)14)16(17(18,19)20)22-9-8-15(23)21-22/h3-7,10,16H,2,8-9H2,1H3,(H,21,23)/t16-/m0/s1. The number of hydrazine groups is 1. The fourth-order valence-electron chi connectivity index (χ4n) is 2.96. The van der Waals surface area contributed by atoms with Gasteiger partial charge in [-0.25, -0.2) is 5.01 Å². The van der Waals surface area contributed by atoms with Crippen LogP contribution in [0.1, 0.15) is 24.9 Å². The van der Waals surface area contributed by atoms with Gasteiger partial charge in [-0.15, -0.1) is 0 Å². The maximum absolute atomic E-state index is 13.6. The number of nitrogens with one attached hydrogen (secondary N) is 1. The lowest BCUT2D eigenvalue weighted by Gasteiger charge is -2.29. The Hall–Kier alpha value is -2.28. The van der Waals surface area contributed by atoms with Gasteiger partial charge in [0.05, 0.1) is 6.61 Å². The Kier molecular flexibility index (Phi) is 4.36. The molecule has 1 atom stereocenters. The molecule has 1 amide bonds. The number of fused-ring (bicyclic) bond motifs is 1. The van der Waals surface area contributed by atoms with Crippen LogP contribution < -0.4 is 10.2 Å². The number of carbonyl (C=O) groups is 1. The van der Waals surface area contributed by atoms with E-state index >= 15 is 0 Å². The number of ether oxygens (including phenoxy) is 1. The minimum absolute atomic E-state index is 0.0278. The summed E-state index contributed by atoms with van der Waals surface area (Å²) in [5.74, 6) is 0.239. The molecule has 0 bridgehead atoms. The number of nitrogens with zero attached hydrogens (tertiary/aromatic N) is 1. The molecule has 128 valence electrons. The lowest BCUT2D eigenvalue weighted by Crippen LogP contribution is -2.43. The normalized spacial score (nSPS) is 17.1. The van der Waals surface area contributed by atoms with E-state index in [4.69, 9.17) is 4.74 Å². The molecular formula is C17H17F3N2O2. The highest BCUT2D eigenvalue weighted by molar-refractivity contribution is 5.89. The van der Waals surface area contributed by atoms with Gasteiger partial charge >= 0.3 is 6.18 Å². The Morgan fingerprint density at radius 2 is 2.08 bits per heavy atom. The molecule has 1 aliphatic heterocycles. The van der Waals surface area contributed by atoms with Crippen molar-refractivity contribution >= 4 is 16.7 Å². The Bertz CT molecular complexity index is 761. The third-order valence-electron chi connectivity index (χ3n) is 3.95. The number of hydrogen-bond donors (Lipinski definition) is 1. The second-order valence-corrected chi connectivity index (χ2v) is 5.59. The van der Waals surface area contributed by atoms with Gasteiger partial charge in [-0.2, -0.15) is 13.2 Å². The van der Waals surface area contributed by atoms with Gasteiger partial charge in [-0.05, 0) is 30.0 Å². The van der Waals surface area contributed by atoms with Crippen LogP contribution in [0.3, 0.4) is 0 Å². The third-order valence-corrected chi connectivity index (χ3v) is 3.95. The van der Waals surface area contributed by atoms with Crippen molar-refractivity contribution in [1.29, 1.82) is 0 Å². The van der Waals surface area contributed by atoms with E-state index in [-0.39, 0.29) is 18.5 Å². The predicted octanol–water partition coefficient (Wildman–Crippen LogP) is 3.58. The molecule has 7 heteroatoms. The van der Waals surface area contributed by atoms with Crippen LogP contribution in [0.25, 0.3) is 10.8 Å². The zero-order valence-electron chi connectivity index (χ0n) is 13.1. The summed E-state index contributed by atoms with van der Waals surface area (Å²) >= 11 is 0. The summed E-state index contributed by atoms with van der Waals surface area (Å²) in [7, 11) is 0. The van der Waals surface area contributed by atoms with Gasteiger partial charge in [0.25, 0.3) is 0 Å². The first-order valence-corrected chi connectivity index (χ1v) is 7.68. The fraction of sp³-hybridized carbons (Fsp3) is 0.353. The van der Waals surface area contributed by atoms with Gasteiger partial charge in [0.2, 0.25) is 5.91 Å². The summed E-state index contributed by atoms with van der Waals surface area (Å²) in [5, 5.41) is 2.38. The van der Waals surface area contributed by atoms with E-state index < -0.39 is 18.1 Å². The largest absolute Gasteiger partial charge is 0.493 e. The lowest BCUT2D eigenvalue weighted by atomic mass is 10.0. The van der Waals surface area contributed by atoms with Crippen molar-refractivity contribution in [3.63, 3.8) is 0 Å². The van der Waals surface area contributed by atoms with E-state index in [9.17, 15) is 18.0 Å². The first-order valence-electron chi connectivity index (χ1n) is 7.68. The molecule has 0 saturated carbocycles. The number of amides is 1. The van der Waals surface area contributed by atoms with Crippen molar-refractivity contribution in [2.24, 2.45) is 0 Å². The van der Waals surface area contributed by atoms with Gasteiger partial charge in [0, 0.05) is 18.4 Å². The molecule has 0 spiro atoms. The first kappa shape index (κ1) is 16.6. The van der Waals surface area contributed by atoms with E-state index in [0.717, 1.165) is 10.4 Å². The topological polar surface area (TPSA) is 41.6 Å². The molecule has 0 radical (unpaired) electrons. The average Bonchev–Trinajstić information content (AvgIpc) is 2.92. The number of benzene rings is 2. The van der Waals surface area contributed by atoms with Crippen LogP contribution in [-0.4, -0.2) is 30.2 Å². The monoisotopic (exact) mass is 338 g/mol. The van der Waals surface area contributed by atoms with E-state index in [1.165, 1.54) is 12.1 Å². The van der Waals surface area contributed by atoms with Crippen molar-refractivity contribution in [3.05, 3.63) is 42.0 Å². The van der Waals surface area contributed by atoms with Crippen molar-refractivity contribution < 1.29 is 22.7 Å². The van der Waals surface area contributed by atoms with E-state index in [2.05, 4.69) is 5.43 Å². The fourth-order valence-corrected chi connectivity index (χ4v) is 2.96. The quantitative estimate of drug-likeness (QED) is 0.926. The molecule has 4 nitrogen and oxygen atoms in total. The van der Waals surface area contributed by atoms with E-state index in [1.807, 2.05) is 6.92 Å². The molecule has 0 aromatic heterocycles. The summed E-state index contributed by atoms with van der Waals surface area (Å²) in [5.41, 5.74) is 2.38. The molecule has 3 rings (SSSR count). The SMILES string of the molecule is CCOc1cccc2cc([C@H](N3CCC(=O)N3)C(F)(F)F)ccc12. The lowest BCUT2D eigenvalue weighted by molar-refractivity contribution is -0.191. The molecule has 2 aromatic rings. The maximum Gasteiger partial charge on any atom is 0.409 e. The Morgan fingerprint density at radius 1 is 1.29 bits per heavy atom. The Labute approximate surface area is 137 Å². The number of carbonyl (C=O) groups excluding carboxylic acids is 1. The zero-order valence-corrected chi connectivity index (χ0v) is 13.1. The number of alkyl halides is 3. The average molecular weight is 338 g/mol. The van der Waals surface area contributed by atoms with E-state index in [1.54, 1.807) is 24.3 Å². The number of halogens is 3. The highest BCUT2D eigenvalue weighted by atomic mass is 19.4. The number of rotatable bonds is 4. The molecule has 2 aromatic carbocycles. The first-order chi connectivity index (χ1) is 11.4. The van der Waals surface area contributed by atoms with Gasteiger partial charge in [0.1, 0.15) is 11.8 Å². The van der Waals surface area contributed by atoms with Gasteiger partial charge in [0.15, 0.2) is 0 Å². The zero-order chi connectivity index (χ0) is 17.3. The highest BCUT2D eigenvalue weighted by Gasteiger charge is 2.46. The smallest absolute Gasteiger partial charge is 0.409 e. The minimum Gasteiger partial charge on any atom is -0.493 e. The van der Waals surface area contributed by atoms with Crippen molar-refractivity contribution in [3.8, 4) is 5.75 Å². The molecule has 24 heavy (non-hydrogen) atoms. The summed E-state index contributed by atoms with van der Waals surface area (Å²) in [6.45, 7) is 2.36. The molecule has 1 heterocycles. The Balaban J connectivity index is 2.03. The molecule has 0 aliphatic carbocycles.